The van der Waals surface area contributed by atoms with Gasteiger partial charge in [-0.2, -0.15) is 9.97 Å². The van der Waals surface area contributed by atoms with Crippen molar-refractivity contribution in [2.75, 3.05) is 11.6 Å². The number of hydrogen-bond donors (Lipinski definition) is 1. The van der Waals surface area contributed by atoms with E-state index in [0.717, 1.165) is 12.1 Å². The maximum atomic E-state index is 12.3. The molecule has 20 heavy (non-hydrogen) atoms. The number of rotatable bonds is 5. The Balaban J connectivity index is 2.52. The van der Waals surface area contributed by atoms with Crippen LogP contribution in [0.4, 0.5) is 5.95 Å². The molecule has 6 heteroatoms. The first-order valence-electron chi connectivity index (χ1n) is 6.75. The lowest BCUT2D eigenvalue weighted by Crippen LogP contribution is -2.37. The van der Waals surface area contributed by atoms with Crippen LogP contribution in [0.15, 0.2) is 35.1 Å². The Labute approximate surface area is 117 Å². The molecular weight excluding hydrogens is 254 g/mol. The van der Waals surface area contributed by atoms with Crippen LogP contribution in [0.5, 0.6) is 0 Å². The van der Waals surface area contributed by atoms with Crippen LogP contribution in [0.3, 0.4) is 0 Å². The first-order chi connectivity index (χ1) is 9.67. The predicted octanol–water partition coefficient (Wildman–Crippen LogP) is 1.28. The van der Waals surface area contributed by atoms with E-state index in [9.17, 15) is 4.79 Å². The van der Waals surface area contributed by atoms with Gasteiger partial charge in [-0.25, -0.2) is 15.2 Å². The molecule has 0 aliphatic rings. The molecule has 0 atom stereocenters. The molecule has 0 bridgehead atoms. The topological polar surface area (TPSA) is 77.0 Å². The molecule has 1 aromatic carbocycles. The molecule has 0 saturated heterocycles. The molecule has 2 rings (SSSR count). The Kier molecular flexibility index (Phi) is 4.47. The maximum absolute atomic E-state index is 12.3. The summed E-state index contributed by atoms with van der Waals surface area (Å²) in [5.41, 5.74) is 0.407. The first-order valence-corrected chi connectivity index (χ1v) is 6.75. The maximum Gasteiger partial charge on any atom is 0.356 e. The summed E-state index contributed by atoms with van der Waals surface area (Å²) in [6.07, 6.45) is 1.49. The van der Waals surface area contributed by atoms with Crippen molar-refractivity contribution in [1.82, 2.24) is 14.5 Å². The zero-order valence-electron chi connectivity index (χ0n) is 11.8. The number of aryl methyl sites for hydroxylation is 1. The molecule has 6 nitrogen and oxygen atoms in total. The molecule has 0 spiro atoms. The predicted molar refractivity (Wildman–Crippen MR) is 78.8 cm³/mol. The number of hydrogen-bond acceptors (Lipinski definition) is 5. The lowest BCUT2D eigenvalue weighted by molar-refractivity contribution is 0.713. The van der Waals surface area contributed by atoms with Crippen LogP contribution in [0, 0.1) is 0 Å². The highest BCUT2D eigenvalue weighted by Crippen LogP contribution is 2.09. The second kappa shape index (κ2) is 6.29. The van der Waals surface area contributed by atoms with Crippen molar-refractivity contribution >= 4 is 5.95 Å². The molecule has 0 amide bonds. The highest BCUT2D eigenvalue weighted by atomic mass is 16.1. The standard InChI is InChI=1S/C14H19N5O/c1-3-10-18(15)13-16-12(4-2)19(14(20)17-13)11-8-6-5-7-9-11/h5-9H,3-4,10,15H2,1-2H3. The van der Waals surface area contributed by atoms with Crippen LogP contribution >= 0.6 is 0 Å². The van der Waals surface area contributed by atoms with Crippen LogP contribution < -0.4 is 16.5 Å². The molecule has 2 N–H and O–H groups in total. The van der Waals surface area contributed by atoms with Gasteiger partial charge in [-0.3, -0.25) is 5.01 Å². The highest BCUT2D eigenvalue weighted by Gasteiger charge is 2.13. The Morgan fingerprint density at radius 3 is 2.50 bits per heavy atom. The largest absolute Gasteiger partial charge is 0.356 e. The van der Waals surface area contributed by atoms with E-state index in [4.69, 9.17) is 5.84 Å². The summed E-state index contributed by atoms with van der Waals surface area (Å²) in [6, 6.07) is 9.37. The fourth-order valence-electron chi connectivity index (χ4n) is 1.98. The van der Waals surface area contributed by atoms with Crippen LogP contribution in [0.25, 0.3) is 5.69 Å². The van der Waals surface area contributed by atoms with Gasteiger partial charge in [-0.05, 0) is 18.6 Å². The Morgan fingerprint density at radius 1 is 1.20 bits per heavy atom. The molecule has 2 aromatic rings. The number of hydrazine groups is 1. The van der Waals surface area contributed by atoms with Gasteiger partial charge in [-0.1, -0.05) is 32.0 Å². The summed E-state index contributed by atoms with van der Waals surface area (Å²) >= 11 is 0. The lowest BCUT2D eigenvalue weighted by atomic mass is 10.3. The van der Waals surface area contributed by atoms with Crippen molar-refractivity contribution in [2.24, 2.45) is 5.84 Å². The summed E-state index contributed by atoms with van der Waals surface area (Å²) < 4.78 is 1.52. The van der Waals surface area contributed by atoms with E-state index in [0.29, 0.717) is 18.8 Å². The van der Waals surface area contributed by atoms with Gasteiger partial charge in [-0.15, -0.1) is 0 Å². The molecule has 1 heterocycles. The van der Waals surface area contributed by atoms with Gasteiger partial charge in [0, 0.05) is 13.0 Å². The summed E-state index contributed by atoms with van der Waals surface area (Å²) in [7, 11) is 0. The van der Waals surface area contributed by atoms with Crippen molar-refractivity contribution in [3.05, 3.63) is 46.6 Å². The van der Waals surface area contributed by atoms with E-state index < -0.39 is 0 Å². The zero-order valence-corrected chi connectivity index (χ0v) is 11.8. The van der Waals surface area contributed by atoms with Crippen molar-refractivity contribution in [2.45, 2.75) is 26.7 Å². The average molecular weight is 273 g/mol. The first kappa shape index (κ1) is 14.2. The minimum Gasteiger partial charge on any atom is -0.279 e. The third kappa shape index (κ3) is 2.85. The summed E-state index contributed by atoms with van der Waals surface area (Å²) in [5, 5.41) is 1.41. The minimum atomic E-state index is -0.357. The molecular formula is C14H19N5O. The summed E-state index contributed by atoms with van der Waals surface area (Å²) in [4.78, 5) is 20.6. The third-order valence-corrected chi connectivity index (χ3v) is 2.93. The van der Waals surface area contributed by atoms with Gasteiger partial charge in [0.2, 0.25) is 5.95 Å². The highest BCUT2D eigenvalue weighted by molar-refractivity contribution is 5.34. The average Bonchev–Trinajstić information content (AvgIpc) is 2.47. The van der Waals surface area contributed by atoms with Crippen LogP contribution in [-0.4, -0.2) is 21.1 Å². The van der Waals surface area contributed by atoms with E-state index in [2.05, 4.69) is 9.97 Å². The molecule has 0 aliphatic heterocycles. The smallest absolute Gasteiger partial charge is 0.279 e. The quantitative estimate of drug-likeness (QED) is 0.656. The van der Waals surface area contributed by atoms with Crippen molar-refractivity contribution in [3.63, 3.8) is 0 Å². The van der Waals surface area contributed by atoms with Crippen molar-refractivity contribution < 1.29 is 0 Å². The van der Waals surface area contributed by atoms with Crippen LogP contribution in [0.1, 0.15) is 26.1 Å². The second-order valence-electron chi connectivity index (χ2n) is 4.44. The van der Waals surface area contributed by atoms with E-state index >= 15 is 0 Å². The molecule has 1 aromatic heterocycles. The fourth-order valence-corrected chi connectivity index (χ4v) is 1.98. The lowest BCUT2D eigenvalue weighted by Gasteiger charge is -2.17. The molecule has 106 valence electrons. The van der Waals surface area contributed by atoms with Gasteiger partial charge in [0.15, 0.2) is 0 Å². The van der Waals surface area contributed by atoms with E-state index in [-0.39, 0.29) is 11.6 Å². The Bertz CT molecular complexity index is 623. The molecule has 0 unspecified atom stereocenters. The van der Waals surface area contributed by atoms with Gasteiger partial charge in [0.05, 0.1) is 5.69 Å². The molecule has 0 saturated carbocycles. The van der Waals surface area contributed by atoms with Crippen molar-refractivity contribution in [1.29, 1.82) is 0 Å². The number of aromatic nitrogens is 3. The number of benzene rings is 1. The normalized spacial score (nSPS) is 10.6. The number of para-hydroxylation sites is 1. The minimum absolute atomic E-state index is 0.279. The second-order valence-corrected chi connectivity index (χ2v) is 4.44. The van der Waals surface area contributed by atoms with Gasteiger partial charge in [0.25, 0.3) is 0 Å². The van der Waals surface area contributed by atoms with E-state index in [1.165, 1.54) is 9.58 Å². The molecule has 0 fully saturated rings. The van der Waals surface area contributed by atoms with Gasteiger partial charge < -0.3 is 0 Å². The third-order valence-electron chi connectivity index (χ3n) is 2.93. The van der Waals surface area contributed by atoms with E-state index in [1.54, 1.807) is 0 Å². The Hall–Kier alpha value is -2.21. The molecule has 0 aliphatic carbocycles. The summed E-state index contributed by atoms with van der Waals surface area (Å²) in [5.74, 6) is 6.78. The summed E-state index contributed by atoms with van der Waals surface area (Å²) in [6.45, 7) is 4.56. The molecule has 0 radical (unpaired) electrons. The number of nitrogens with two attached hydrogens (primary N) is 1. The van der Waals surface area contributed by atoms with Crippen LogP contribution in [0.2, 0.25) is 0 Å². The van der Waals surface area contributed by atoms with Gasteiger partial charge in [0.1, 0.15) is 5.82 Å². The number of nitrogens with zero attached hydrogens (tertiary/aromatic N) is 4. The Morgan fingerprint density at radius 2 is 1.90 bits per heavy atom. The van der Waals surface area contributed by atoms with Crippen molar-refractivity contribution in [3.8, 4) is 5.69 Å². The van der Waals surface area contributed by atoms with Gasteiger partial charge >= 0.3 is 5.69 Å². The van der Waals surface area contributed by atoms with E-state index in [1.807, 2.05) is 44.2 Å². The number of anilines is 1. The fraction of sp³-hybridized carbons (Fsp3) is 0.357. The zero-order chi connectivity index (χ0) is 14.5. The SMILES string of the molecule is CCCN(N)c1nc(CC)n(-c2ccccc2)c(=O)n1. The monoisotopic (exact) mass is 273 g/mol. The van der Waals surface area contributed by atoms with Crippen LogP contribution in [-0.2, 0) is 6.42 Å².